The van der Waals surface area contributed by atoms with Crippen molar-refractivity contribution in [2.24, 2.45) is 10.9 Å². The lowest BCUT2D eigenvalue weighted by Crippen LogP contribution is -2.35. The van der Waals surface area contributed by atoms with Crippen molar-refractivity contribution in [3.8, 4) is 0 Å². The van der Waals surface area contributed by atoms with Crippen LogP contribution in [0.2, 0.25) is 0 Å². The van der Waals surface area contributed by atoms with Gasteiger partial charge in [-0.25, -0.2) is 0 Å². The Labute approximate surface area is 68.1 Å². The molecule has 2 atom stereocenters. The van der Waals surface area contributed by atoms with Crippen LogP contribution in [0.25, 0.3) is 0 Å². The molecule has 1 N–H and O–H groups in total. The van der Waals surface area contributed by atoms with Gasteiger partial charge in [0.05, 0.1) is 0 Å². The molecule has 0 bridgehead atoms. The first kappa shape index (κ1) is 7.29. The van der Waals surface area contributed by atoms with Crippen LogP contribution in [0.3, 0.4) is 0 Å². The zero-order valence-corrected chi connectivity index (χ0v) is 6.92. The van der Waals surface area contributed by atoms with Crippen molar-refractivity contribution in [1.29, 1.82) is 0 Å². The minimum absolute atomic E-state index is 0.464. The average Bonchev–Trinajstić information content (AvgIpc) is 2.28. The molecule has 0 spiro atoms. The third-order valence-corrected chi connectivity index (χ3v) is 2.73. The number of nitrogens with one attached hydrogen (secondary N) is 1. The molecule has 1 unspecified atom stereocenters. The Hall–Kier alpha value is -0.370. The Balaban J connectivity index is 2.02. The minimum atomic E-state index is 0.464. The van der Waals surface area contributed by atoms with Gasteiger partial charge in [-0.3, -0.25) is 10.3 Å². The molecule has 62 valence electrons. The van der Waals surface area contributed by atoms with E-state index in [0.717, 1.165) is 5.92 Å². The first-order chi connectivity index (χ1) is 5.47. The Morgan fingerprint density at radius 1 is 1.27 bits per heavy atom. The molecule has 0 aromatic rings. The maximum Gasteiger partial charge on any atom is 0.102 e. The molecule has 0 aromatic heterocycles. The lowest BCUT2D eigenvalue weighted by molar-refractivity contribution is 0.343. The third kappa shape index (κ3) is 1.62. The number of aliphatic imine (C=N–C) groups is 1. The molecule has 2 heteroatoms. The summed E-state index contributed by atoms with van der Waals surface area (Å²) in [5, 5.41) is 3.49. The average molecular weight is 152 g/mol. The van der Waals surface area contributed by atoms with E-state index >= 15 is 0 Å². The summed E-state index contributed by atoms with van der Waals surface area (Å²) in [6, 6.07) is 0. The van der Waals surface area contributed by atoms with E-state index < -0.39 is 0 Å². The first-order valence-electron chi connectivity index (χ1n) is 4.72. The monoisotopic (exact) mass is 152 g/mol. The van der Waals surface area contributed by atoms with Crippen molar-refractivity contribution in [1.82, 2.24) is 5.32 Å². The number of nitrogens with zero attached hydrogens (tertiary/aromatic N) is 1. The molecule has 1 saturated heterocycles. The molecule has 2 nitrogen and oxygen atoms in total. The second-order valence-corrected chi connectivity index (χ2v) is 3.56. The summed E-state index contributed by atoms with van der Waals surface area (Å²) in [5.74, 6) is 0.836. The number of fused-ring (bicyclic) bond motifs is 1. The van der Waals surface area contributed by atoms with E-state index in [4.69, 9.17) is 0 Å². The lowest BCUT2D eigenvalue weighted by Gasteiger charge is -2.24. The standard InChI is InChI=1S/C9H16N2/c1-2-6-10-9-8(4-1)5-3-7-11-9/h7-10H,1-6H2/t8-,9?/m1/s1. The van der Waals surface area contributed by atoms with Gasteiger partial charge in [0.1, 0.15) is 6.17 Å². The van der Waals surface area contributed by atoms with E-state index in [9.17, 15) is 0 Å². The number of hydrogen-bond donors (Lipinski definition) is 1. The van der Waals surface area contributed by atoms with Crippen molar-refractivity contribution < 1.29 is 0 Å². The molecule has 0 saturated carbocycles. The zero-order valence-electron chi connectivity index (χ0n) is 6.92. The van der Waals surface area contributed by atoms with Gasteiger partial charge in [0, 0.05) is 6.21 Å². The van der Waals surface area contributed by atoms with Crippen LogP contribution >= 0.6 is 0 Å². The molecule has 2 heterocycles. The summed E-state index contributed by atoms with van der Waals surface area (Å²) in [5.41, 5.74) is 0. The van der Waals surface area contributed by atoms with E-state index in [1.54, 1.807) is 0 Å². The lowest BCUT2D eigenvalue weighted by atomic mass is 9.93. The topological polar surface area (TPSA) is 24.4 Å². The summed E-state index contributed by atoms with van der Waals surface area (Å²) < 4.78 is 0. The SMILES string of the molecule is C1=NC2NCCCC[C@@H]2CC1. The molecule has 0 radical (unpaired) electrons. The van der Waals surface area contributed by atoms with Crippen LogP contribution in [0, 0.1) is 5.92 Å². The normalized spacial score (nSPS) is 37.8. The summed E-state index contributed by atoms with van der Waals surface area (Å²) in [6.45, 7) is 1.17. The van der Waals surface area contributed by atoms with Crippen molar-refractivity contribution in [3.63, 3.8) is 0 Å². The van der Waals surface area contributed by atoms with Crippen molar-refractivity contribution in [2.75, 3.05) is 6.54 Å². The molecular formula is C9H16N2. The van der Waals surface area contributed by atoms with E-state index in [-0.39, 0.29) is 0 Å². The highest BCUT2D eigenvalue weighted by Crippen LogP contribution is 2.24. The van der Waals surface area contributed by atoms with Gasteiger partial charge >= 0.3 is 0 Å². The van der Waals surface area contributed by atoms with Crippen molar-refractivity contribution >= 4 is 6.21 Å². The van der Waals surface area contributed by atoms with Gasteiger partial charge in [0.25, 0.3) is 0 Å². The highest BCUT2D eigenvalue weighted by atomic mass is 15.1. The highest BCUT2D eigenvalue weighted by molar-refractivity contribution is 5.58. The summed E-state index contributed by atoms with van der Waals surface area (Å²) >= 11 is 0. The number of rotatable bonds is 0. The van der Waals surface area contributed by atoms with Crippen LogP contribution in [0.1, 0.15) is 32.1 Å². The maximum atomic E-state index is 4.48. The Morgan fingerprint density at radius 2 is 2.27 bits per heavy atom. The molecule has 2 aliphatic rings. The molecule has 11 heavy (non-hydrogen) atoms. The Morgan fingerprint density at radius 3 is 3.27 bits per heavy atom. The van der Waals surface area contributed by atoms with Crippen LogP contribution in [-0.4, -0.2) is 18.9 Å². The fourth-order valence-electron chi connectivity index (χ4n) is 2.06. The van der Waals surface area contributed by atoms with Gasteiger partial charge in [-0.2, -0.15) is 0 Å². The smallest absolute Gasteiger partial charge is 0.102 e. The van der Waals surface area contributed by atoms with E-state index in [1.165, 1.54) is 38.6 Å². The summed E-state index contributed by atoms with van der Waals surface area (Å²) in [4.78, 5) is 4.48. The minimum Gasteiger partial charge on any atom is -0.296 e. The fourth-order valence-corrected chi connectivity index (χ4v) is 2.06. The summed E-state index contributed by atoms with van der Waals surface area (Å²) in [7, 11) is 0. The van der Waals surface area contributed by atoms with Gasteiger partial charge in [-0.15, -0.1) is 0 Å². The quantitative estimate of drug-likeness (QED) is 0.559. The molecule has 1 fully saturated rings. The second-order valence-electron chi connectivity index (χ2n) is 3.56. The summed E-state index contributed by atoms with van der Waals surface area (Å²) in [6.07, 6.45) is 9.20. The molecule has 0 aliphatic carbocycles. The second kappa shape index (κ2) is 3.35. The van der Waals surface area contributed by atoms with Crippen LogP contribution in [-0.2, 0) is 0 Å². The van der Waals surface area contributed by atoms with E-state index in [0.29, 0.717) is 6.17 Å². The van der Waals surface area contributed by atoms with E-state index in [1.807, 2.05) is 0 Å². The predicted octanol–water partition coefficient (Wildman–Crippen LogP) is 1.57. The maximum absolute atomic E-state index is 4.48. The van der Waals surface area contributed by atoms with Crippen molar-refractivity contribution in [3.05, 3.63) is 0 Å². The molecule has 2 aliphatic heterocycles. The number of hydrogen-bond acceptors (Lipinski definition) is 2. The first-order valence-corrected chi connectivity index (χ1v) is 4.72. The highest BCUT2D eigenvalue weighted by Gasteiger charge is 2.23. The van der Waals surface area contributed by atoms with Crippen LogP contribution in [0.5, 0.6) is 0 Å². The molecular weight excluding hydrogens is 136 g/mol. The molecule has 0 aromatic carbocycles. The molecule has 2 rings (SSSR count). The van der Waals surface area contributed by atoms with Gasteiger partial charge in [-0.05, 0) is 38.1 Å². The van der Waals surface area contributed by atoms with Crippen LogP contribution < -0.4 is 5.32 Å². The fraction of sp³-hybridized carbons (Fsp3) is 0.889. The Kier molecular flexibility index (Phi) is 2.22. The van der Waals surface area contributed by atoms with E-state index in [2.05, 4.69) is 16.5 Å². The largest absolute Gasteiger partial charge is 0.296 e. The zero-order chi connectivity index (χ0) is 7.52. The molecule has 0 amide bonds. The predicted molar refractivity (Wildman–Crippen MR) is 46.9 cm³/mol. The van der Waals surface area contributed by atoms with Gasteiger partial charge in [0.2, 0.25) is 0 Å². The van der Waals surface area contributed by atoms with Crippen molar-refractivity contribution in [2.45, 2.75) is 38.3 Å². The van der Waals surface area contributed by atoms with Crippen LogP contribution in [0.4, 0.5) is 0 Å². The van der Waals surface area contributed by atoms with Gasteiger partial charge in [0.15, 0.2) is 0 Å². The van der Waals surface area contributed by atoms with Gasteiger partial charge in [-0.1, -0.05) is 6.42 Å². The Bertz CT molecular complexity index is 154. The van der Waals surface area contributed by atoms with Gasteiger partial charge < -0.3 is 0 Å². The third-order valence-electron chi connectivity index (χ3n) is 2.73. The van der Waals surface area contributed by atoms with Crippen LogP contribution in [0.15, 0.2) is 4.99 Å².